The molecule has 2 N–H and O–H groups in total. The van der Waals surface area contributed by atoms with Crippen LogP contribution in [0.1, 0.15) is 24.5 Å². The minimum absolute atomic E-state index is 0.306. The van der Waals surface area contributed by atoms with E-state index in [4.69, 9.17) is 5.11 Å². The fraction of sp³-hybridized carbons (Fsp3) is 0.444. The van der Waals surface area contributed by atoms with Gasteiger partial charge in [0.25, 0.3) is 0 Å². The molecule has 3 nitrogen and oxygen atoms in total. The Labute approximate surface area is 70.4 Å². The molecule has 0 saturated heterocycles. The molecule has 0 amide bonds. The molecule has 0 radical (unpaired) electrons. The SMILES string of the molecule is O=C(O)C(c1ccc[nH]1)C1CC1. The molecule has 1 aromatic heterocycles. The van der Waals surface area contributed by atoms with Crippen molar-refractivity contribution in [2.75, 3.05) is 0 Å². The van der Waals surface area contributed by atoms with Gasteiger partial charge in [0.05, 0.1) is 5.92 Å². The molecule has 1 fully saturated rings. The van der Waals surface area contributed by atoms with Crippen LogP contribution in [0.15, 0.2) is 18.3 Å². The van der Waals surface area contributed by atoms with Gasteiger partial charge in [-0.2, -0.15) is 0 Å². The molecule has 64 valence electrons. The summed E-state index contributed by atoms with van der Waals surface area (Å²) in [5, 5.41) is 8.94. The lowest BCUT2D eigenvalue weighted by atomic mass is 10.0. The highest BCUT2D eigenvalue weighted by atomic mass is 16.4. The molecule has 12 heavy (non-hydrogen) atoms. The van der Waals surface area contributed by atoms with Crippen LogP contribution in [0, 0.1) is 5.92 Å². The zero-order chi connectivity index (χ0) is 8.55. The molecule has 0 spiro atoms. The average molecular weight is 165 g/mol. The Balaban J connectivity index is 2.21. The number of hydrogen-bond donors (Lipinski definition) is 2. The first-order valence-corrected chi connectivity index (χ1v) is 4.15. The Hall–Kier alpha value is -1.25. The second-order valence-corrected chi connectivity index (χ2v) is 3.28. The van der Waals surface area contributed by atoms with Gasteiger partial charge in [-0.3, -0.25) is 4.79 Å². The number of hydrogen-bond acceptors (Lipinski definition) is 1. The van der Waals surface area contributed by atoms with Gasteiger partial charge in [0.15, 0.2) is 0 Å². The van der Waals surface area contributed by atoms with Crippen molar-refractivity contribution in [3.63, 3.8) is 0 Å². The zero-order valence-electron chi connectivity index (χ0n) is 6.66. The van der Waals surface area contributed by atoms with Crippen LogP contribution in [0.4, 0.5) is 0 Å². The molecular weight excluding hydrogens is 154 g/mol. The van der Waals surface area contributed by atoms with Gasteiger partial charge in [-0.15, -0.1) is 0 Å². The smallest absolute Gasteiger partial charge is 0.312 e. The zero-order valence-corrected chi connectivity index (χ0v) is 6.66. The van der Waals surface area contributed by atoms with Gasteiger partial charge in [-0.1, -0.05) is 0 Å². The Morgan fingerprint density at radius 1 is 1.67 bits per heavy atom. The van der Waals surface area contributed by atoms with Crippen molar-refractivity contribution < 1.29 is 9.90 Å². The van der Waals surface area contributed by atoms with Crippen molar-refractivity contribution in [3.8, 4) is 0 Å². The van der Waals surface area contributed by atoms with Crippen molar-refractivity contribution in [3.05, 3.63) is 24.0 Å². The third-order valence-electron chi connectivity index (χ3n) is 2.32. The molecule has 3 heteroatoms. The van der Waals surface area contributed by atoms with E-state index < -0.39 is 5.97 Å². The summed E-state index contributed by atoms with van der Waals surface area (Å²) in [5.74, 6) is -0.652. The first-order chi connectivity index (χ1) is 5.79. The molecule has 0 aliphatic heterocycles. The maximum absolute atomic E-state index is 10.9. The van der Waals surface area contributed by atoms with Gasteiger partial charge in [-0.25, -0.2) is 0 Å². The Morgan fingerprint density at radius 3 is 2.83 bits per heavy atom. The van der Waals surface area contributed by atoms with Gasteiger partial charge in [-0.05, 0) is 30.9 Å². The van der Waals surface area contributed by atoms with Crippen molar-refractivity contribution in [2.45, 2.75) is 18.8 Å². The molecule has 1 heterocycles. The van der Waals surface area contributed by atoms with Crippen LogP contribution < -0.4 is 0 Å². The largest absolute Gasteiger partial charge is 0.481 e. The monoisotopic (exact) mass is 165 g/mol. The summed E-state index contributed by atoms with van der Waals surface area (Å²) in [6.45, 7) is 0. The molecule has 1 aliphatic rings. The van der Waals surface area contributed by atoms with Gasteiger partial charge >= 0.3 is 5.97 Å². The maximum Gasteiger partial charge on any atom is 0.312 e. The summed E-state index contributed by atoms with van der Waals surface area (Å²) in [6.07, 6.45) is 3.87. The lowest BCUT2D eigenvalue weighted by molar-refractivity contribution is -0.139. The van der Waals surface area contributed by atoms with Crippen molar-refractivity contribution in [2.24, 2.45) is 5.92 Å². The van der Waals surface area contributed by atoms with E-state index in [0.717, 1.165) is 18.5 Å². The normalized spacial score (nSPS) is 19.0. The second kappa shape index (κ2) is 2.66. The van der Waals surface area contributed by atoms with Gasteiger partial charge < -0.3 is 10.1 Å². The van der Waals surface area contributed by atoms with E-state index in [1.54, 1.807) is 6.20 Å². The fourth-order valence-electron chi connectivity index (χ4n) is 1.56. The van der Waals surface area contributed by atoms with Crippen LogP contribution in [-0.2, 0) is 4.79 Å². The molecule has 1 unspecified atom stereocenters. The summed E-state index contributed by atoms with van der Waals surface area (Å²) in [4.78, 5) is 13.8. The van der Waals surface area contributed by atoms with E-state index in [1.807, 2.05) is 12.1 Å². The number of aromatic nitrogens is 1. The van der Waals surface area contributed by atoms with Crippen LogP contribution in [0.5, 0.6) is 0 Å². The molecule has 1 aromatic rings. The standard InChI is InChI=1S/C9H11NO2/c11-9(12)8(6-3-4-6)7-2-1-5-10-7/h1-2,5-6,8,10H,3-4H2,(H,11,12). The molecule has 1 saturated carbocycles. The number of nitrogens with one attached hydrogen (secondary N) is 1. The van der Waals surface area contributed by atoms with Gasteiger partial charge in [0, 0.05) is 11.9 Å². The lowest BCUT2D eigenvalue weighted by Crippen LogP contribution is -2.13. The number of aliphatic carboxylic acids is 1. The third-order valence-corrected chi connectivity index (χ3v) is 2.32. The predicted molar refractivity (Wildman–Crippen MR) is 43.9 cm³/mol. The van der Waals surface area contributed by atoms with Crippen LogP contribution in [-0.4, -0.2) is 16.1 Å². The Morgan fingerprint density at radius 2 is 2.42 bits per heavy atom. The van der Waals surface area contributed by atoms with Crippen LogP contribution in [0.25, 0.3) is 0 Å². The van der Waals surface area contributed by atoms with E-state index in [0.29, 0.717) is 5.92 Å². The predicted octanol–water partition coefficient (Wildman–Crippen LogP) is 1.59. The molecular formula is C9H11NO2. The van der Waals surface area contributed by atoms with Crippen LogP contribution >= 0.6 is 0 Å². The Bertz CT molecular complexity index is 275. The van der Waals surface area contributed by atoms with Gasteiger partial charge in [0.1, 0.15) is 0 Å². The number of H-pyrrole nitrogens is 1. The number of carboxylic acid groups (broad SMARTS) is 1. The highest BCUT2D eigenvalue weighted by Gasteiger charge is 2.37. The summed E-state index contributed by atoms with van der Waals surface area (Å²) >= 11 is 0. The third kappa shape index (κ3) is 1.22. The molecule has 1 aliphatic carbocycles. The Kier molecular flexibility index (Phi) is 1.64. The second-order valence-electron chi connectivity index (χ2n) is 3.28. The van der Waals surface area contributed by atoms with Gasteiger partial charge in [0.2, 0.25) is 0 Å². The first kappa shape index (κ1) is 7.40. The van der Waals surface area contributed by atoms with E-state index in [1.165, 1.54) is 0 Å². The van der Waals surface area contributed by atoms with Crippen molar-refractivity contribution in [1.82, 2.24) is 4.98 Å². The van der Waals surface area contributed by atoms with E-state index in [9.17, 15) is 4.79 Å². The highest BCUT2D eigenvalue weighted by Crippen LogP contribution is 2.42. The van der Waals surface area contributed by atoms with Crippen LogP contribution in [0.3, 0.4) is 0 Å². The average Bonchev–Trinajstić information content (AvgIpc) is 2.65. The summed E-state index contributed by atoms with van der Waals surface area (Å²) in [5.41, 5.74) is 0.838. The number of carboxylic acids is 1. The van der Waals surface area contributed by atoms with Crippen LogP contribution in [0.2, 0.25) is 0 Å². The minimum Gasteiger partial charge on any atom is -0.481 e. The maximum atomic E-state index is 10.9. The lowest BCUT2D eigenvalue weighted by Gasteiger charge is -2.07. The number of carbonyl (C=O) groups is 1. The summed E-state index contributed by atoms with van der Waals surface area (Å²) < 4.78 is 0. The van der Waals surface area contributed by atoms with E-state index in [-0.39, 0.29) is 5.92 Å². The molecule has 0 bridgehead atoms. The quantitative estimate of drug-likeness (QED) is 0.714. The highest BCUT2D eigenvalue weighted by molar-refractivity contribution is 5.76. The number of aromatic amines is 1. The summed E-state index contributed by atoms with van der Waals surface area (Å²) in [7, 11) is 0. The molecule has 2 rings (SSSR count). The topological polar surface area (TPSA) is 53.1 Å². The first-order valence-electron chi connectivity index (χ1n) is 4.15. The molecule has 0 aromatic carbocycles. The molecule has 1 atom stereocenters. The number of rotatable bonds is 3. The van der Waals surface area contributed by atoms with Crippen molar-refractivity contribution in [1.29, 1.82) is 0 Å². The van der Waals surface area contributed by atoms with E-state index >= 15 is 0 Å². The fourth-order valence-corrected chi connectivity index (χ4v) is 1.56. The summed E-state index contributed by atoms with van der Waals surface area (Å²) in [6, 6.07) is 3.69. The van der Waals surface area contributed by atoms with Crippen molar-refractivity contribution >= 4 is 5.97 Å². The van der Waals surface area contributed by atoms with E-state index in [2.05, 4.69) is 4.98 Å². The minimum atomic E-state index is -0.708.